The van der Waals surface area contributed by atoms with Crippen molar-refractivity contribution in [1.82, 2.24) is 4.98 Å². The SMILES string of the molecule is CC(C)(O)C(C)(C)O[B]c1nccc2c1oc1ccc3ccccc3c12. The number of hydrogen-bond acceptors (Lipinski definition) is 4. The summed E-state index contributed by atoms with van der Waals surface area (Å²) >= 11 is 0. The van der Waals surface area contributed by atoms with E-state index in [4.69, 9.17) is 9.07 Å². The van der Waals surface area contributed by atoms with Crippen molar-refractivity contribution >= 4 is 45.8 Å². The summed E-state index contributed by atoms with van der Waals surface area (Å²) in [6.07, 6.45) is 1.76. The Balaban J connectivity index is 1.84. The van der Waals surface area contributed by atoms with Crippen LogP contribution >= 0.6 is 0 Å². The number of fused-ring (bicyclic) bond motifs is 5. The van der Waals surface area contributed by atoms with Crippen molar-refractivity contribution in [1.29, 1.82) is 0 Å². The second-order valence-electron chi connectivity index (χ2n) is 7.64. The van der Waals surface area contributed by atoms with Gasteiger partial charge in [-0.25, -0.2) is 0 Å². The zero-order valence-corrected chi connectivity index (χ0v) is 15.4. The summed E-state index contributed by atoms with van der Waals surface area (Å²) < 4.78 is 12.0. The molecular formula is C21H21BNO3. The average Bonchev–Trinajstić information content (AvgIpc) is 2.98. The minimum absolute atomic E-state index is 0.611. The molecule has 0 fully saturated rings. The van der Waals surface area contributed by atoms with Crippen molar-refractivity contribution in [2.75, 3.05) is 0 Å². The molecule has 0 bridgehead atoms. The number of pyridine rings is 1. The van der Waals surface area contributed by atoms with E-state index in [2.05, 4.69) is 23.2 Å². The van der Waals surface area contributed by atoms with Gasteiger partial charge in [0, 0.05) is 17.0 Å². The first-order valence-electron chi connectivity index (χ1n) is 8.70. The first-order chi connectivity index (χ1) is 12.3. The lowest BCUT2D eigenvalue weighted by Gasteiger charge is -2.37. The first-order valence-corrected chi connectivity index (χ1v) is 8.70. The van der Waals surface area contributed by atoms with Gasteiger partial charge >= 0.3 is 7.48 Å². The first kappa shape index (κ1) is 17.1. The molecule has 0 aliphatic carbocycles. The fraction of sp³-hybridized carbons (Fsp3) is 0.286. The molecule has 1 radical (unpaired) electrons. The molecule has 0 amide bonds. The standard InChI is InChI=1S/C21H21BNO3/c1-20(2,24)21(3,4)26-22-19-18-15(11-12-23-19)17-14-8-6-5-7-13(14)9-10-16(17)25-18/h5-12,24H,1-4H3. The Morgan fingerprint density at radius 3 is 2.54 bits per heavy atom. The van der Waals surface area contributed by atoms with Crippen LogP contribution in [0.3, 0.4) is 0 Å². The minimum atomic E-state index is -0.999. The van der Waals surface area contributed by atoms with Crippen molar-refractivity contribution in [3.8, 4) is 0 Å². The third-order valence-electron chi connectivity index (χ3n) is 5.24. The van der Waals surface area contributed by atoms with Gasteiger partial charge in [-0.15, -0.1) is 0 Å². The number of nitrogens with zero attached hydrogens (tertiary/aromatic N) is 1. The number of benzene rings is 2. The van der Waals surface area contributed by atoms with Gasteiger partial charge in [-0.05, 0) is 50.6 Å². The summed E-state index contributed by atoms with van der Waals surface area (Å²) in [6.45, 7) is 7.13. The second kappa shape index (κ2) is 5.83. The maximum absolute atomic E-state index is 10.3. The van der Waals surface area contributed by atoms with Gasteiger partial charge in [-0.2, -0.15) is 0 Å². The smallest absolute Gasteiger partial charge is 0.356 e. The van der Waals surface area contributed by atoms with Crippen molar-refractivity contribution < 1.29 is 14.2 Å². The molecule has 1 N–H and O–H groups in total. The number of furan rings is 1. The quantitative estimate of drug-likeness (QED) is 0.569. The van der Waals surface area contributed by atoms with Crippen molar-refractivity contribution in [2.45, 2.75) is 38.9 Å². The van der Waals surface area contributed by atoms with E-state index in [1.54, 1.807) is 27.5 Å². The predicted molar refractivity (Wildman–Crippen MR) is 106 cm³/mol. The molecule has 0 aliphatic rings. The van der Waals surface area contributed by atoms with E-state index >= 15 is 0 Å². The molecule has 0 saturated carbocycles. The summed E-state index contributed by atoms with van der Waals surface area (Å²) in [5.41, 5.74) is 0.352. The lowest BCUT2D eigenvalue weighted by molar-refractivity contribution is -0.0893. The zero-order chi connectivity index (χ0) is 18.5. The van der Waals surface area contributed by atoms with E-state index in [1.165, 1.54) is 5.39 Å². The summed E-state index contributed by atoms with van der Waals surface area (Å²) in [4.78, 5) is 4.41. The Hall–Kier alpha value is -2.37. The Labute approximate surface area is 153 Å². The Morgan fingerprint density at radius 2 is 1.77 bits per heavy atom. The number of rotatable bonds is 4. The lowest BCUT2D eigenvalue weighted by Crippen LogP contribution is -2.49. The molecule has 26 heavy (non-hydrogen) atoms. The summed E-state index contributed by atoms with van der Waals surface area (Å²) in [6, 6.07) is 14.3. The summed E-state index contributed by atoms with van der Waals surface area (Å²) in [7, 11) is 1.57. The van der Waals surface area contributed by atoms with E-state index in [9.17, 15) is 5.11 Å². The minimum Gasteiger partial charge on any atom is -0.455 e. The monoisotopic (exact) mass is 346 g/mol. The van der Waals surface area contributed by atoms with Gasteiger partial charge in [-0.3, -0.25) is 4.98 Å². The molecule has 5 heteroatoms. The van der Waals surface area contributed by atoms with E-state index in [1.807, 2.05) is 38.1 Å². The van der Waals surface area contributed by atoms with Crippen LogP contribution in [0.2, 0.25) is 0 Å². The predicted octanol–water partition coefficient (Wildman–Crippen LogP) is 3.94. The molecule has 2 aromatic heterocycles. The third kappa shape index (κ3) is 2.68. The van der Waals surface area contributed by atoms with Crippen LogP contribution in [0.25, 0.3) is 32.7 Å². The topological polar surface area (TPSA) is 55.5 Å². The molecule has 4 aromatic rings. The van der Waals surface area contributed by atoms with Gasteiger partial charge in [0.2, 0.25) is 0 Å². The van der Waals surface area contributed by atoms with Gasteiger partial charge < -0.3 is 14.2 Å². The molecule has 2 heterocycles. The molecule has 4 rings (SSSR count). The highest BCUT2D eigenvalue weighted by molar-refractivity contribution is 6.50. The van der Waals surface area contributed by atoms with Crippen LogP contribution in [0, 0.1) is 0 Å². The Morgan fingerprint density at radius 1 is 1.00 bits per heavy atom. The normalized spacial score (nSPS) is 13.0. The van der Waals surface area contributed by atoms with E-state index in [0.717, 1.165) is 21.7 Å². The Kier molecular flexibility index (Phi) is 3.83. The number of hydrogen-bond donors (Lipinski definition) is 1. The zero-order valence-electron chi connectivity index (χ0n) is 15.4. The molecule has 4 nitrogen and oxygen atoms in total. The molecule has 0 atom stereocenters. The molecule has 131 valence electrons. The molecule has 0 unspecified atom stereocenters. The molecule has 2 aromatic carbocycles. The van der Waals surface area contributed by atoms with Gasteiger partial charge in [0.05, 0.1) is 16.8 Å². The van der Waals surface area contributed by atoms with Gasteiger partial charge in [0.1, 0.15) is 11.2 Å². The fourth-order valence-electron chi connectivity index (χ4n) is 2.92. The summed E-state index contributed by atoms with van der Waals surface area (Å²) in [5, 5.41) is 14.7. The maximum Gasteiger partial charge on any atom is 0.356 e. The van der Waals surface area contributed by atoms with Crippen LogP contribution in [0.4, 0.5) is 0 Å². The maximum atomic E-state index is 10.3. The number of aromatic nitrogens is 1. The second-order valence-corrected chi connectivity index (χ2v) is 7.64. The van der Waals surface area contributed by atoms with Crippen LogP contribution in [0.5, 0.6) is 0 Å². The largest absolute Gasteiger partial charge is 0.455 e. The molecular weight excluding hydrogens is 325 g/mol. The fourth-order valence-corrected chi connectivity index (χ4v) is 2.92. The highest BCUT2D eigenvalue weighted by Crippen LogP contribution is 2.33. The van der Waals surface area contributed by atoms with Crippen LogP contribution in [-0.4, -0.2) is 28.8 Å². The van der Waals surface area contributed by atoms with Crippen LogP contribution < -0.4 is 5.59 Å². The van der Waals surface area contributed by atoms with Crippen LogP contribution in [-0.2, 0) is 4.65 Å². The van der Waals surface area contributed by atoms with Gasteiger partial charge in [0.15, 0.2) is 0 Å². The van der Waals surface area contributed by atoms with E-state index in [0.29, 0.717) is 11.2 Å². The highest BCUT2D eigenvalue weighted by atomic mass is 16.5. The lowest BCUT2D eigenvalue weighted by atomic mass is 9.84. The third-order valence-corrected chi connectivity index (χ3v) is 5.24. The van der Waals surface area contributed by atoms with E-state index in [-0.39, 0.29) is 0 Å². The molecule has 0 aliphatic heterocycles. The van der Waals surface area contributed by atoms with Crippen LogP contribution in [0.15, 0.2) is 53.1 Å². The average molecular weight is 346 g/mol. The number of aliphatic hydroxyl groups is 1. The van der Waals surface area contributed by atoms with Crippen LogP contribution in [0.1, 0.15) is 27.7 Å². The Bertz CT molecular complexity index is 1110. The summed E-state index contributed by atoms with van der Waals surface area (Å²) in [5.74, 6) is 0. The van der Waals surface area contributed by atoms with Crippen molar-refractivity contribution in [3.63, 3.8) is 0 Å². The highest BCUT2D eigenvalue weighted by Gasteiger charge is 2.36. The van der Waals surface area contributed by atoms with Crippen molar-refractivity contribution in [2.24, 2.45) is 0 Å². The molecule has 0 saturated heterocycles. The van der Waals surface area contributed by atoms with Gasteiger partial charge in [0.25, 0.3) is 0 Å². The van der Waals surface area contributed by atoms with Crippen molar-refractivity contribution in [3.05, 3.63) is 48.7 Å². The molecule has 0 spiro atoms. The van der Waals surface area contributed by atoms with Gasteiger partial charge in [-0.1, -0.05) is 30.3 Å². The van der Waals surface area contributed by atoms with E-state index < -0.39 is 11.2 Å².